The number of phosphoric acid groups is 3. The molecule has 11 rings (SSSR count). The van der Waals surface area contributed by atoms with Crippen molar-refractivity contribution in [1.82, 2.24) is 9.80 Å². The number of phosphoric ester groups is 1. The van der Waals surface area contributed by atoms with Crippen molar-refractivity contribution in [3.63, 3.8) is 0 Å². The van der Waals surface area contributed by atoms with Gasteiger partial charge in [0.2, 0.25) is 5.91 Å². The molecule has 83 heavy (non-hydrogen) atoms. The lowest BCUT2D eigenvalue weighted by atomic mass is 9.44. The van der Waals surface area contributed by atoms with Gasteiger partial charge in [-0.05, 0) is 133 Å². The number of fused-ring (bicyclic) bond motifs is 4. The zero-order chi connectivity index (χ0) is 60.0. The number of amides is 1. The summed E-state index contributed by atoms with van der Waals surface area (Å²) in [5.41, 5.74) is -2.09. The van der Waals surface area contributed by atoms with E-state index in [0.29, 0.717) is 24.0 Å². The second-order valence-corrected chi connectivity index (χ2v) is 28.3. The monoisotopic (exact) mass is 1190 g/mol. The highest BCUT2D eigenvalue weighted by Gasteiger charge is 2.86. The van der Waals surface area contributed by atoms with E-state index in [4.69, 9.17) is 18.7 Å². The zero-order valence-corrected chi connectivity index (χ0v) is 50.8. The SMILES string of the molecule is CC(C)=CCCC1(C)C=Cc2c(c(CC=C(C)C)c3c(c2OP(=O)(O)OP(=O)(O)OP(=O)(O)O)C(=O)C2C(N(C)Cc4cccc5ccccc45)C4CC5C(C)(C)OC(C/C=C(/C)C(=O)N(C)Cc6cccc7ccccc67)(C4=O)C25O3)O1. The average Bonchev–Trinajstić information content (AvgIpc) is 1.58. The lowest BCUT2D eigenvalue weighted by Gasteiger charge is -2.64. The first-order chi connectivity index (χ1) is 38.9. The maximum atomic E-state index is 16.9. The smallest absolute Gasteiger partial charge is 0.482 e. The van der Waals surface area contributed by atoms with Crippen molar-refractivity contribution in [3.05, 3.63) is 154 Å². The third-order valence-corrected chi connectivity index (χ3v) is 20.8. The van der Waals surface area contributed by atoms with Crippen molar-refractivity contribution in [2.45, 2.75) is 129 Å². The van der Waals surface area contributed by atoms with Gasteiger partial charge in [-0.2, -0.15) is 8.62 Å². The van der Waals surface area contributed by atoms with Gasteiger partial charge in [-0.15, -0.1) is 0 Å². The van der Waals surface area contributed by atoms with E-state index in [1.165, 1.54) is 0 Å². The van der Waals surface area contributed by atoms with Crippen LogP contribution in [0, 0.1) is 17.8 Å². The predicted octanol–water partition coefficient (Wildman–Crippen LogP) is 12.3. The quantitative estimate of drug-likeness (QED) is 0.0341. The molecular weight excluding hydrogens is 1120 g/mol. The molecular formula is C62H71N2O16P3. The summed E-state index contributed by atoms with van der Waals surface area (Å²) < 4.78 is 75.5. The number of hydrogen-bond donors (Lipinski definition) is 4. The molecule has 21 heteroatoms. The molecule has 1 spiro atoms. The molecule has 0 radical (unpaired) electrons. The summed E-state index contributed by atoms with van der Waals surface area (Å²) in [4.78, 5) is 92.3. The van der Waals surface area contributed by atoms with Crippen molar-refractivity contribution in [3.8, 4) is 17.2 Å². The zero-order valence-electron chi connectivity index (χ0n) is 48.2. The van der Waals surface area contributed by atoms with Crippen LogP contribution in [0.5, 0.6) is 17.2 Å². The molecule has 3 saturated carbocycles. The summed E-state index contributed by atoms with van der Waals surface area (Å²) in [6.45, 7) is 15.5. The standard InChI is InChI=1S/C62H71N2O16P3/c1-37(2)18-17-31-60(8)32-30-47-54(75-60)46(28-27-38(3)4)55-50(56(47)77-82(71,72)80-83(73,74)79-81(68,69)70)53(65)51-52(63(9)35-42-23-15-21-40-19-11-13-25-44(40)42)48-34-49-59(6,7)78-61(57(48)66,62(49,51)76-55)33-29-39(5)58(67)64(10)36-43-24-16-22-41-20-12-14-26-45(41)43/h11-16,18-27,29-30,32,48-49,51-52H,17,28,31,33-36H2,1-10H3,(H,71,72)(H,73,74)(H2,68,69,70)/b39-29-. The van der Waals surface area contributed by atoms with Gasteiger partial charge >= 0.3 is 23.5 Å². The Morgan fingerprint density at radius 2 is 1.35 bits per heavy atom. The Hall–Kier alpha value is -5.84. The number of ether oxygens (including phenoxy) is 3. The molecule has 1 saturated heterocycles. The molecule has 4 bridgehead atoms. The summed E-state index contributed by atoms with van der Waals surface area (Å²) in [6.07, 6.45) is 9.95. The van der Waals surface area contributed by atoms with Gasteiger partial charge in [0.15, 0.2) is 28.5 Å². The molecule has 3 aliphatic heterocycles. The van der Waals surface area contributed by atoms with Crippen LogP contribution in [0.15, 0.2) is 126 Å². The molecule has 3 aliphatic carbocycles. The molecule has 4 N–H and O–H groups in total. The topological polar surface area (TPSA) is 245 Å². The number of Topliss-reactive ketones (excluding diaryl/α,β-unsaturated/α-hetero) is 2. The number of carbonyl (C=O) groups excluding carboxylic acids is 3. The minimum Gasteiger partial charge on any atom is -0.482 e. The Kier molecular flexibility index (Phi) is 15.9. The molecule has 3 heterocycles. The number of carbonyl (C=O) groups is 3. The van der Waals surface area contributed by atoms with E-state index in [0.717, 1.165) is 43.8 Å². The van der Waals surface area contributed by atoms with Gasteiger partial charge in [0, 0.05) is 55.6 Å². The van der Waals surface area contributed by atoms with Crippen LogP contribution in [0.4, 0.5) is 0 Å². The highest BCUT2D eigenvalue weighted by atomic mass is 31.3. The first-order valence-corrected chi connectivity index (χ1v) is 32.2. The number of likely N-dealkylation sites (N-methyl/N-ethyl adjacent to an activating group) is 1. The van der Waals surface area contributed by atoms with Crippen LogP contribution in [-0.2, 0) is 56.2 Å². The lowest BCUT2D eigenvalue weighted by Crippen LogP contribution is -2.81. The van der Waals surface area contributed by atoms with Crippen LogP contribution in [0.3, 0.4) is 0 Å². The fraction of sp³-hybridized carbons (Fsp3) is 0.403. The molecule has 6 aliphatic rings. The Labute approximate surface area is 483 Å². The number of benzene rings is 5. The van der Waals surface area contributed by atoms with E-state index >= 15 is 9.59 Å². The van der Waals surface area contributed by atoms with Crippen molar-refractivity contribution < 1.29 is 75.0 Å². The Balaban J connectivity index is 1.19. The van der Waals surface area contributed by atoms with Crippen LogP contribution in [-0.4, -0.2) is 89.4 Å². The first-order valence-electron chi connectivity index (χ1n) is 27.6. The maximum Gasteiger partial charge on any atom is 0.536 e. The lowest BCUT2D eigenvalue weighted by molar-refractivity contribution is -0.212. The largest absolute Gasteiger partial charge is 0.536 e. The molecule has 9 unspecified atom stereocenters. The van der Waals surface area contributed by atoms with Gasteiger partial charge in [0.1, 0.15) is 22.7 Å². The van der Waals surface area contributed by atoms with Crippen LogP contribution < -0.4 is 14.0 Å². The second kappa shape index (κ2) is 21.9. The van der Waals surface area contributed by atoms with Crippen LogP contribution in [0.1, 0.15) is 114 Å². The van der Waals surface area contributed by atoms with Crippen molar-refractivity contribution in [2.75, 3.05) is 14.1 Å². The summed E-state index contributed by atoms with van der Waals surface area (Å²) in [6, 6.07) is 26.7. The van der Waals surface area contributed by atoms with E-state index in [1.54, 1.807) is 37.1 Å². The Bertz CT molecular complexity index is 3770. The molecule has 0 aromatic heterocycles. The second-order valence-electron chi connectivity index (χ2n) is 24.0. The molecule has 4 fully saturated rings. The predicted molar refractivity (Wildman–Crippen MR) is 314 cm³/mol. The third kappa shape index (κ3) is 11.1. The average molecular weight is 1190 g/mol. The molecule has 9 atom stereocenters. The first kappa shape index (κ1) is 60.3. The van der Waals surface area contributed by atoms with Gasteiger partial charge in [0.25, 0.3) is 0 Å². The summed E-state index contributed by atoms with van der Waals surface area (Å²) in [7, 11) is -14.4. The van der Waals surface area contributed by atoms with E-state index < -0.39 is 81.2 Å². The maximum absolute atomic E-state index is 16.9. The highest BCUT2D eigenvalue weighted by molar-refractivity contribution is 7.66. The van der Waals surface area contributed by atoms with Crippen LogP contribution in [0.2, 0.25) is 0 Å². The molecule has 1 amide bonds. The van der Waals surface area contributed by atoms with Crippen molar-refractivity contribution in [2.24, 2.45) is 17.8 Å². The number of ketones is 2. The van der Waals surface area contributed by atoms with Gasteiger partial charge in [-0.1, -0.05) is 114 Å². The molecule has 440 valence electrons. The molecule has 5 aromatic carbocycles. The van der Waals surface area contributed by atoms with Crippen molar-refractivity contribution in [1.29, 1.82) is 0 Å². The van der Waals surface area contributed by atoms with Crippen LogP contribution >= 0.6 is 23.5 Å². The van der Waals surface area contributed by atoms with E-state index in [-0.39, 0.29) is 66.7 Å². The number of hydrogen-bond acceptors (Lipinski definition) is 13. The minimum absolute atomic E-state index is 0.0493. The summed E-state index contributed by atoms with van der Waals surface area (Å²) in [5.74, 6) is -5.04. The number of nitrogens with zero attached hydrogens (tertiary/aromatic N) is 2. The number of allylic oxidation sites excluding steroid dienone is 4. The third-order valence-electron chi connectivity index (χ3n) is 17.1. The van der Waals surface area contributed by atoms with E-state index in [2.05, 4.69) is 8.62 Å². The fourth-order valence-corrected chi connectivity index (χ4v) is 16.7. The Morgan fingerprint density at radius 1 is 0.747 bits per heavy atom. The van der Waals surface area contributed by atoms with Crippen molar-refractivity contribution >= 4 is 68.6 Å². The highest BCUT2D eigenvalue weighted by Crippen LogP contribution is 2.72. The fourth-order valence-electron chi connectivity index (χ4n) is 13.7. The summed E-state index contributed by atoms with van der Waals surface area (Å²) in [5, 5.41) is 3.95. The summed E-state index contributed by atoms with van der Waals surface area (Å²) >= 11 is 0. The molecule has 18 nitrogen and oxygen atoms in total. The van der Waals surface area contributed by atoms with Gasteiger partial charge in [-0.3, -0.25) is 24.2 Å². The minimum atomic E-state index is -6.09. The van der Waals surface area contributed by atoms with E-state index in [1.807, 2.05) is 157 Å². The van der Waals surface area contributed by atoms with Gasteiger partial charge < -0.3 is 38.3 Å². The number of rotatable bonds is 19. The normalized spacial score (nSPS) is 26.3. The van der Waals surface area contributed by atoms with E-state index in [9.17, 15) is 38.1 Å². The van der Waals surface area contributed by atoms with Gasteiger partial charge in [-0.25, -0.2) is 13.7 Å². The molecule has 5 aromatic rings. The Morgan fingerprint density at radius 3 is 1.96 bits per heavy atom. The van der Waals surface area contributed by atoms with Crippen LogP contribution in [0.25, 0.3) is 27.6 Å². The van der Waals surface area contributed by atoms with Gasteiger partial charge in [0.05, 0.1) is 17.1 Å².